The Morgan fingerprint density at radius 3 is 2.83 bits per heavy atom. The van der Waals surface area contributed by atoms with Crippen LogP contribution in [0.3, 0.4) is 0 Å². The van der Waals surface area contributed by atoms with Crippen molar-refractivity contribution in [3.8, 4) is 0 Å². The fourth-order valence-corrected chi connectivity index (χ4v) is 1.16. The molecule has 0 spiro atoms. The Morgan fingerprint density at radius 2 is 2.08 bits per heavy atom. The molecule has 1 heterocycles. The van der Waals surface area contributed by atoms with E-state index >= 15 is 0 Å². The minimum absolute atomic E-state index is 0. The van der Waals surface area contributed by atoms with E-state index in [1.807, 2.05) is 19.1 Å². The van der Waals surface area contributed by atoms with Gasteiger partial charge in [0, 0.05) is 49.4 Å². The summed E-state index contributed by atoms with van der Waals surface area (Å²) in [6.07, 6.45) is 1.71. The number of hydrogen-bond acceptors (Lipinski definition) is 1. The van der Waals surface area contributed by atoms with Crippen LogP contribution in [0.2, 0.25) is 0 Å². The summed E-state index contributed by atoms with van der Waals surface area (Å²) in [5.74, 6) is 0. The molecule has 12 heavy (non-hydrogen) atoms. The molecule has 0 saturated carbocycles. The molecule has 0 aliphatic carbocycles. The first kappa shape index (κ1) is 10.1. The predicted octanol–water partition coefficient (Wildman–Crippen LogP) is 3.42. The molecule has 1 aromatic heterocycles. The Kier molecular flexibility index (Phi) is 3.20. The Morgan fingerprint density at radius 1 is 1.33 bits per heavy atom. The minimum atomic E-state index is 0. The Hall–Kier alpha value is 0.00156. The molecular weight excluding hydrogens is 365 g/mol. The van der Waals surface area contributed by atoms with Crippen LogP contribution in [0.1, 0.15) is 5.56 Å². The molecule has 0 aliphatic rings. The molecular formula is C9H8AcNO-. The van der Waals surface area contributed by atoms with Gasteiger partial charge in [0.25, 0.3) is 0 Å². The Bertz CT molecular complexity index is 394. The Balaban J connectivity index is 0.000000720. The van der Waals surface area contributed by atoms with E-state index in [4.69, 9.17) is 10.2 Å². The smallest absolute Gasteiger partial charge is 0.134 e. The van der Waals surface area contributed by atoms with Crippen molar-refractivity contribution in [2.24, 2.45) is 0 Å². The van der Waals surface area contributed by atoms with Gasteiger partial charge in [0.2, 0.25) is 0 Å². The molecule has 1 N–H and O–H groups in total. The van der Waals surface area contributed by atoms with Crippen molar-refractivity contribution in [3.63, 3.8) is 0 Å². The third-order valence-corrected chi connectivity index (χ3v) is 1.77. The molecule has 2 nitrogen and oxygen atoms in total. The van der Waals surface area contributed by atoms with Crippen molar-refractivity contribution in [2.45, 2.75) is 6.92 Å². The van der Waals surface area contributed by atoms with Gasteiger partial charge in [-0.25, -0.2) is 0 Å². The van der Waals surface area contributed by atoms with E-state index in [9.17, 15) is 0 Å². The standard InChI is InChI=1S/C9H8NO.Ac/c1-6-5-11-9-3-2-7(10)4-8(6)9;/h2-5,10H,1H3;/q-1;. The zero-order valence-electron chi connectivity index (χ0n) is 6.79. The van der Waals surface area contributed by atoms with Gasteiger partial charge in [-0.15, -0.1) is 5.69 Å². The molecule has 2 rings (SSSR count). The van der Waals surface area contributed by atoms with Crippen molar-refractivity contribution in [3.05, 3.63) is 35.8 Å². The summed E-state index contributed by atoms with van der Waals surface area (Å²) in [6, 6.07) is 5.37. The largest absolute Gasteiger partial charge is 0.699 e. The number of aryl methyl sites for hydroxylation is 1. The molecule has 1 aromatic carbocycles. The Labute approximate surface area is 107 Å². The molecule has 0 unspecified atom stereocenters. The van der Waals surface area contributed by atoms with Crippen molar-refractivity contribution in [2.75, 3.05) is 0 Å². The predicted molar refractivity (Wildman–Crippen MR) is 44.9 cm³/mol. The van der Waals surface area contributed by atoms with Gasteiger partial charge in [-0.2, -0.15) is 0 Å². The van der Waals surface area contributed by atoms with E-state index < -0.39 is 0 Å². The molecule has 0 bridgehead atoms. The first-order valence-corrected chi connectivity index (χ1v) is 3.47. The van der Waals surface area contributed by atoms with Crippen LogP contribution in [0.4, 0.5) is 5.69 Å². The molecule has 0 amide bonds. The summed E-state index contributed by atoms with van der Waals surface area (Å²) in [4.78, 5) is 0. The second-order valence-corrected chi connectivity index (χ2v) is 2.63. The summed E-state index contributed by atoms with van der Waals surface area (Å²) in [5.41, 5.74) is 9.85. The molecule has 0 atom stereocenters. The first-order valence-electron chi connectivity index (χ1n) is 3.47. The topological polar surface area (TPSA) is 36.9 Å². The zero-order valence-corrected chi connectivity index (χ0v) is 11.5. The van der Waals surface area contributed by atoms with Crippen molar-refractivity contribution in [1.82, 2.24) is 0 Å². The van der Waals surface area contributed by atoms with Crippen LogP contribution in [0.15, 0.2) is 28.9 Å². The number of benzene rings is 1. The van der Waals surface area contributed by atoms with Crippen molar-refractivity contribution in [1.29, 1.82) is 0 Å². The second-order valence-electron chi connectivity index (χ2n) is 2.63. The van der Waals surface area contributed by atoms with E-state index in [0.717, 1.165) is 16.5 Å². The van der Waals surface area contributed by atoms with Gasteiger partial charge in [-0.05, 0) is 18.6 Å². The molecule has 2 aromatic rings. The van der Waals surface area contributed by atoms with E-state index in [-0.39, 0.29) is 44.1 Å². The quantitative estimate of drug-likeness (QED) is 0.697. The van der Waals surface area contributed by atoms with Crippen LogP contribution in [0.25, 0.3) is 16.7 Å². The van der Waals surface area contributed by atoms with E-state index in [0.29, 0.717) is 5.69 Å². The third-order valence-electron chi connectivity index (χ3n) is 1.77. The fraction of sp³-hybridized carbons (Fsp3) is 0.111. The molecule has 3 heteroatoms. The first-order chi connectivity index (χ1) is 5.27. The van der Waals surface area contributed by atoms with E-state index in [1.54, 1.807) is 12.3 Å². The molecule has 0 fully saturated rings. The van der Waals surface area contributed by atoms with E-state index in [1.165, 1.54) is 0 Å². The fourth-order valence-electron chi connectivity index (χ4n) is 1.16. The van der Waals surface area contributed by atoms with Crippen LogP contribution < -0.4 is 0 Å². The monoisotopic (exact) mass is 373 g/mol. The van der Waals surface area contributed by atoms with Gasteiger partial charge in [0.1, 0.15) is 5.58 Å². The summed E-state index contributed by atoms with van der Waals surface area (Å²) >= 11 is 0. The van der Waals surface area contributed by atoms with Crippen molar-refractivity contribution < 1.29 is 48.5 Å². The molecule has 0 aliphatic heterocycles. The van der Waals surface area contributed by atoms with Gasteiger partial charge in [-0.1, -0.05) is 12.1 Å². The number of hydrogen-bond donors (Lipinski definition) is 0. The summed E-state index contributed by atoms with van der Waals surface area (Å²) in [7, 11) is 0. The van der Waals surface area contributed by atoms with Crippen LogP contribution in [-0.2, 0) is 0 Å². The van der Waals surface area contributed by atoms with Crippen LogP contribution in [0, 0.1) is 51.0 Å². The summed E-state index contributed by atoms with van der Waals surface area (Å²) < 4.78 is 5.22. The van der Waals surface area contributed by atoms with Gasteiger partial charge in [0.15, 0.2) is 0 Å². The average molecular weight is 373 g/mol. The zero-order chi connectivity index (χ0) is 7.84. The van der Waals surface area contributed by atoms with Crippen LogP contribution in [0.5, 0.6) is 0 Å². The van der Waals surface area contributed by atoms with Gasteiger partial charge >= 0.3 is 0 Å². The van der Waals surface area contributed by atoms with Gasteiger partial charge in [0.05, 0.1) is 6.26 Å². The number of fused-ring (bicyclic) bond motifs is 1. The number of rotatable bonds is 0. The SMILES string of the molecule is Cc1coc2ccc([NH-])cc12.[Ac]. The second kappa shape index (κ2) is 3.81. The maximum absolute atomic E-state index is 7.37. The van der Waals surface area contributed by atoms with Gasteiger partial charge < -0.3 is 10.2 Å². The van der Waals surface area contributed by atoms with E-state index in [2.05, 4.69) is 0 Å². The summed E-state index contributed by atoms with van der Waals surface area (Å²) in [6.45, 7) is 1.98. The maximum atomic E-state index is 7.37. The van der Waals surface area contributed by atoms with Crippen molar-refractivity contribution >= 4 is 16.7 Å². The van der Waals surface area contributed by atoms with Gasteiger partial charge in [-0.3, -0.25) is 0 Å². The third kappa shape index (κ3) is 1.67. The van der Waals surface area contributed by atoms with Crippen LogP contribution >= 0.6 is 0 Å². The molecule has 59 valence electrons. The minimum Gasteiger partial charge on any atom is -0.699 e. The molecule has 0 saturated heterocycles. The normalized spacial score (nSPS) is 9.75. The molecule has 1 radical (unpaired) electrons. The maximum Gasteiger partial charge on any atom is 0.134 e. The van der Waals surface area contributed by atoms with Crippen LogP contribution in [-0.4, -0.2) is 0 Å². The summed E-state index contributed by atoms with van der Waals surface area (Å²) in [5, 5.41) is 1.04. The number of furan rings is 1. The average Bonchev–Trinajstić information content (AvgIpc) is 2.33. The number of nitrogens with one attached hydrogen (secondary N) is 1.